The molecule has 6 heteroatoms. The van der Waals surface area contributed by atoms with Crippen LogP contribution in [0.4, 0.5) is 11.4 Å². The Labute approximate surface area is 126 Å². The van der Waals surface area contributed by atoms with Gasteiger partial charge in [-0.2, -0.15) is 0 Å². The molecule has 0 bridgehead atoms. The van der Waals surface area contributed by atoms with Crippen molar-refractivity contribution < 1.29 is 9.59 Å². The molecule has 0 aliphatic carbocycles. The number of fused-ring (bicyclic) bond motifs is 2. The second-order valence-electron chi connectivity index (χ2n) is 5.28. The normalized spacial score (nSPS) is 22.4. The van der Waals surface area contributed by atoms with Crippen LogP contribution in [0.2, 0.25) is 0 Å². The van der Waals surface area contributed by atoms with Gasteiger partial charge in [0.05, 0.1) is 11.1 Å². The molecule has 2 unspecified atom stereocenters. The van der Waals surface area contributed by atoms with E-state index in [-0.39, 0.29) is 11.8 Å². The van der Waals surface area contributed by atoms with Crippen LogP contribution in [0.5, 0.6) is 0 Å². The van der Waals surface area contributed by atoms with Crippen molar-refractivity contribution in [3.63, 3.8) is 0 Å². The average molecular weight is 294 g/mol. The lowest BCUT2D eigenvalue weighted by Crippen LogP contribution is -2.62. The first kappa shape index (κ1) is 12.7. The van der Waals surface area contributed by atoms with Crippen LogP contribution in [-0.2, 0) is 0 Å². The molecule has 22 heavy (non-hydrogen) atoms. The van der Waals surface area contributed by atoms with Gasteiger partial charge in [-0.05, 0) is 24.3 Å². The summed E-state index contributed by atoms with van der Waals surface area (Å²) in [6.45, 7) is 0. The first-order chi connectivity index (χ1) is 10.7. The Morgan fingerprint density at radius 3 is 1.45 bits per heavy atom. The fourth-order valence-electron chi connectivity index (χ4n) is 2.79. The van der Waals surface area contributed by atoms with Gasteiger partial charge in [0.25, 0.3) is 11.8 Å². The fraction of sp³-hybridized carbons (Fsp3) is 0.125. The largest absolute Gasteiger partial charge is 0.361 e. The molecule has 4 rings (SSSR count). The van der Waals surface area contributed by atoms with Gasteiger partial charge in [-0.3, -0.25) is 9.59 Å². The lowest BCUT2D eigenvalue weighted by atomic mass is 10.1. The number of carbonyl (C=O) groups excluding carboxylic acids is 2. The highest BCUT2D eigenvalue weighted by molar-refractivity contribution is 6.03. The zero-order chi connectivity index (χ0) is 15.1. The van der Waals surface area contributed by atoms with Crippen LogP contribution in [-0.4, -0.2) is 24.1 Å². The van der Waals surface area contributed by atoms with Gasteiger partial charge in [-0.25, -0.2) is 0 Å². The Morgan fingerprint density at radius 2 is 1.00 bits per heavy atom. The van der Waals surface area contributed by atoms with Crippen LogP contribution in [0.1, 0.15) is 20.7 Å². The van der Waals surface area contributed by atoms with Gasteiger partial charge < -0.3 is 21.3 Å². The second kappa shape index (κ2) is 4.77. The zero-order valence-electron chi connectivity index (χ0n) is 11.6. The van der Waals surface area contributed by atoms with E-state index in [4.69, 9.17) is 0 Å². The molecule has 0 spiro atoms. The van der Waals surface area contributed by atoms with E-state index in [1.807, 2.05) is 36.4 Å². The zero-order valence-corrected chi connectivity index (χ0v) is 11.6. The molecule has 0 aromatic heterocycles. The summed E-state index contributed by atoms with van der Waals surface area (Å²) in [6, 6.07) is 14.6. The Kier molecular flexibility index (Phi) is 2.75. The first-order valence-electron chi connectivity index (χ1n) is 7.05. The third-order valence-electron chi connectivity index (χ3n) is 3.87. The van der Waals surface area contributed by atoms with E-state index in [0.717, 1.165) is 11.4 Å². The molecule has 2 atom stereocenters. The molecule has 2 aliphatic heterocycles. The number of rotatable bonds is 1. The Morgan fingerprint density at radius 1 is 0.591 bits per heavy atom. The van der Waals surface area contributed by atoms with Crippen molar-refractivity contribution in [1.82, 2.24) is 10.6 Å². The van der Waals surface area contributed by atoms with Crippen molar-refractivity contribution in [2.24, 2.45) is 0 Å². The number of hydrogen-bond acceptors (Lipinski definition) is 4. The highest BCUT2D eigenvalue weighted by Gasteiger charge is 2.33. The topological polar surface area (TPSA) is 82.3 Å². The van der Waals surface area contributed by atoms with Crippen LogP contribution in [0, 0.1) is 0 Å². The van der Waals surface area contributed by atoms with E-state index in [1.165, 1.54) is 0 Å². The molecule has 0 saturated heterocycles. The summed E-state index contributed by atoms with van der Waals surface area (Å²) in [5.74, 6) is -0.316. The van der Waals surface area contributed by atoms with Gasteiger partial charge in [0.2, 0.25) is 0 Å². The fourth-order valence-corrected chi connectivity index (χ4v) is 2.79. The number of hydrogen-bond donors (Lipinski definition) is 4. The van der Waals surface area contributed by atoms with Gasteiger partial charge in [-0.1, -0.05) is 24.3 Å². The minimum Gasteiger partial charge on any atom is -0.361 e. The van der Waals surface area contributed by atoms with Gasteiger partial charge >= 0.3 is 0 Å². The van der Waals surface area contributed by atoms with Crippen molar-refractivity contribution in [2.75, 3.05) is 10.6 Å². The molecule has 0 fully saturated rings. The van der Waals surface area contributed by atoms with Crippen LogP contribution in [0.3, 0.4) is 0 Å². The van der Waals surface area contributed by atoms with Crippen LogP contribution in [0.25, 0.3) is 0 Å². The van der Waals surface area contributed by atoms with Gasteiger partial charge in [0.15, 0.2) is 0 Å². The maximum atomic E-state index is 12.2. The number of nitrogens with one attached hydrogen (secondary N) is 4. The third-order valence-corrected chi connectivity index (χ3v) is 3.87. The number of benzene rings is 2. The van der Waals surface area contributed by atoms with E-state index in [1.54, 1.807) is 12.1 Å². The lowest BCUT2D eigenvalue weighted by molar-refractivity contribution is 0.0886. The first-order valence-corrected chi connectivity index (χ1v) is 7.05. The summed E-state index contributed by atoms with van der Waals surface area (Å²) in [5.41, 5.74) is 2.71. The van der Waals surface area contributed by atoms with Gasteiger partial charge in [-0.15, -0.1) is 0 Å². The molecule has 2 aromatic carbocycles. The molecule has 6 nitrogen and oxygen atoms in total. The predicted molar refractivity (Wildman–Crippen MR) is 82.6 cm³/mol. The molecule has 2 heterocycles. The van der Waals surface area contributed by atoms with Gasteiger partial charge in [0, 0.05) is 11.4 Å². The minimum absolute atomic E-state index is 0.158. The van der Waals surface area contributed by atoms with Gasteiger partial charge in [0.1, 0.15) is 12.3 Å². The van der Waals surface area contributed by atoms with Crippen LogP contribution in [0.15, 0.2) is 48.5 Å². The molecule has 2 amide bonds. The van der Waals surface area contributed by atoms with E-state index in [9.17, 15) is 9.59 Å². The smallest absolute Gasteiger partial charge is 0.255 e. The summed E-state index contributed by atoms with van der Waals surface area (Å²) in [5, 5.41) is 12.2. The maximum Gasteiger partial charge on any atom is 0.255 e. The molecular weight excluding hydrogens is 280 g/mol. The van der Waals surface area contributed by atoms with Crippen molar-refractivity contribution in [3.05, 3.63) is 59.7 Å². The standard InChI is InChI=1S/C16H14N4O2/c21-15-9-5-1-3-7-11(9)17-13(19-15)14-18-12-8-4-2-6-10(12)16(22)20-14/h1-8,13-14,17-18H,(H,19,21)(H,20,22). The summed E-state index contributed by atoms with van der Waals surface area (Å²) in [7, 11) is 0. The Bertz CT molecular complexity index is 709. The predicted octanol–water partition coefficient (Wildman–Crippen LogP) is 1.35. The monoisotopic (exact) mass is 294 g/mol. The summed E-state index contributed by atoms with van der Waals surface area (Å²) >= 11 is 0. The summed E-state index contributed by atoms with van der Waals surface area (Å²) in [6.07, 6.45) is -0.862. The van der Waals surface area contributed by atoms with E-state index in [2.05, 4.69) is 21.3 Å². The molecule has 2 aliphatic rings. The molecule has 2 aromatic rings. The highest BCUT2D eigenvalue weighted by atomic mass is 16.2. The lowest BCUT2D eigenvalue weighted by Gasteiger charge is -2.37. The molecule has 0 saturated carbocycles. The number of amides is 2. The van der Waals surface area contributed by atoms with E-state index < -0.39 is 12.3 Å². The van der Waals surface area contributed by atoms with Crippen molar-refractivity contribution in [2.45, 2.75) is 12.3 Å². The number of anilines is 2. The van der Waals surface area contributed by atoms with Crippen molar-refractivity contribution in [1.29, 1.82) is 0 Å². The second-order valence-corrected chi connectivity index (χ2v) is 5.28. The van der Waals surface area contributed by atoms with Crippen molar-refractivity contribution in [3.8, 4) is 0 Å². The van der Waals surface area contributed by atoms with Crippen molar-refractivity contribution >= 4 is 23.2 Å². The van der Waals surface area contributed by atoms with E-state index >= 15 is 0 Å². The SMILES string of the molecule is O=C1NC(C2NC(=O)c3ccccc3N2)Nc2ccccc21. The van der Waals surface area contributed by atoms with Crippen LogP contribution >= 0.6 is 0 Å². The highest BCUT2D eigenvalue weighted by Crippen LogP contribution is 2.24. The quantitative estimate of drug-likeness (QED) is 0.640. The summed E-state index contributed by atoms with van der Waals surface area (Å²) in [4.78, 5) is 24.3. The Balaban J connectivity index is 1.62. The van der Waals surface area contributed by atoms with E-state index in [0.29, 0.717) is 11.1 Å². The molecular formula is C16H14N4O2. The molecule has 0 radical (unpaired) electrons. The minimum atomic E-state index is -0.431. The third kappa shape index (κ3) is 1.96. The number of para-hydroxylation sites is 2. The summed E-state index contributed by atoms with van der Waals surface area (Å²) < 4.78 is 0. The number of carbonyl (C=O) groups is 2. The average Bonchev–Trinajstić information content (AvgIpc) is 2.55. The Hall–Kier alpha value is -3.02. The molecule has 110 valence electrons. The molecule has 4 N–H and O–H groups in total. The maximum absolute atomic E-state index is 12.2. The van der Waals surface area contributed by atoms with Crippen LogP contribution < -0.4 is 21.3 Å².